The van der Waals surface area contributed by atoms with Gasteiger partial charge >= 0.3 is 0 Å². The number of halogens is 1. The van der Waals surface area contributed by atoms with Crippen LogP contribution in [0.5, 0.6) is 0 Å². The summed E-state index contributed by atoms with van der Waals surface area (Å²) in [6, 6.07) is 21.9. The highest BCUT2D eigenvalue weighted by Gasteiger charge is 2.47. The molecule has 1 aliphatic carbocycles. The van der Waals surface area contributed by atoms with Crippen molar-refractivity contribution >= 4 is 39.2 Å². The van der Waals surface area contributed by atoms with Gasteiger partial charge in [-0.1, -0.05) is 64.5 Å². The lowest BCUT2D eigenvalue weighted by molar-refractivity contribution is -0.122. The van der Waals surface area contributed by atoms with E-state index in [1.807, 2.05) is 48.5 Å². The van der Waals surface area contributed by atoms with Crippen LogP contribution in [0.1, 0.15) is 39.4 Å². The van der Waals surface area contributed by atoms with Crippen molar-refractivity contribution in [3.05, 3.63) is 99.5 Å². The van der Waals surface area contributed by atoms with Crippen LogP contribution in [-0.4, -0.2) is 17.6 Å². The highest BCUT2D eigenvalue weighted by molar-refractivity contribution is 9.10. The van der Waals surface area contributed by atoms with Gasteiger partial charge < -0.3 is 0 Å². The molecule has 3 aromatic carbocycles. The van der Waals surface area contributed by atoms with Gasteiger partial charge in [-0.3, -0.25) is 19.3 Å². The Morgan fingerprint density at radius 3 is 1.90 bits per heavy atom. The summed E-state index contributed by atoms with van der Waals surface area (Å²) < 4.78 is 0.880. The Kier molecular flexibility index (Phi) is 4.21. The lowest BCUT2D eigenvalue weighted by Gasteiger charge is -2.30. The number of benzene rings is 3. The van der Waals surface area contributed by atoms with Gasteiger partial charge in [0, 0.05) is 27.9 Å². The molecule has 29 heavy (non-hydrogen) atoms. The van der Waals surface area contributed by atoms with Crippen LogP contribution in [0.25, 0.3) is 0 Å². The summed E-state index contributed by atoms with van der Waals surface area (Å²) in [5.41, 5.74) is 3.43. The van der Waals surface area contributed by atoms with Crippen molar-refractivity contribution < 1.29 is 14.4 Å². The van der Waals surface area contributed by atoms with Crippen molar-refractivity contribution in [1.82, 2.24) is 0 Å². The lowest BCUT2D eigenvalue weighted by atomic mass is 9.71. The third kappa shape index (κ3) is 2.76. The number of hydrogen-bond acceptors (Lipinski definition) is 3. The molecule has 2 amide bonds. The van der Waals surface area contributed by atoms with Crippen LogP contribution in [0.2, 0.25) is 0 Å². The fourth-order valence-corrected chi connectivity index (χ4v) is 4.74. The van der Waals surface area contributed by atoms with E-state index in [0.29, 0.717) is 16.8 Å². The number of ketones is 1. The molecule has 0 saturated carbocycles. The Labute approximate surface area is 176 Å². The molecule has 1 atom stereocenters. The van der Waals surface area contributed by atoms with Crippen molar-refractivity contribution in [1.29, 1.82) is 0 Å². The van der Waals surface area contributed by atoms with E-state index in [2.05, 4.69) is 15.9 Å². The molecule has 0 spiro atoms. The van der Waals surface area contributed by atoms with E-state index in [0.717, 1.165) is 15.6 Å². The molecule has 1 aliphatic heterocycles. The second kappa shape index (κ2) is 6.78. The third-order valence-corrected chi connectivity index (χ3v) is 6.28. The van der Waals surface area contributed by atoms with Crippen LogP contribution >= 0.6 is 15.9 Å². The molecule has 142 valence electrons. The number of nitrogens with zero attached hydrogens (tertiary/aromatic N) is 1. The second-order valence-corrected chi connectivity index (χ2v) is 8.25. The number of amides is 2. The summed E-state index contributed by atoms with van der Waals surface area (Å²) in [5, 5.41) is 0. The number of carbonyl (C=O) groups is 3. The molecule has 5 heteroatoms. The van der Waals surface area contributed by atoms with E-state index in [-0.39, 0.29) is 29.9 Å². The van der Waals surface area contributed by atoms with E-state index < -0.39 is 5.92 Å². The highest BCUT2D eigenvalue weighted by atomic mass is 79.9. The van der Waals surface area contributed by atoms with E-state index in [1.165, 1.54) is 4.90 Å². The fourth-order valence-electron chi connectivity index (χ4n) is 4.47. The van der Waals surface area contributed by atoms with Gasteiger partial charge in [0.25, 0.3) is 0 Å². The normalized spacial score (nSPS) is 18.7. The van der Waals surface area contributed by atoms with Crippen LogP contribution in [-0.2, 0) is 9.59 Å². The topological polar surface area (TPSA) is 54.5 Å². The van der Waals surface area contributed by atoms with Crippen LogP contribution in [0.4, 0.5) is 5.69 Å². The van der Waals surface area contributed by atoms with Crippen molar-refractivity contribution in [3.63, 3.8) is 0 Å². The monoisotopic (exact) mass is 445 g/mol. The van der Waals surface area contributed by atoms with Crippen LogP contribution in [0.15, 0.2) is 77.3 Å². The number of rotatable bonds is 2. The average Bonchev–Trinajstić information content (AvgIpc) is 3.03. The summed E-state index contributed by atoms with van der Waals surface area (Å²) in [4.78, 5) is 40.5. The minimum absolute atomic E-state index is 0.0333. The Morgan fingerprint density at radius 2 is 1.31 bits per heavy atom. The fraction of sp³-hybridized carbons (Fsp3) is 0.125. The maximum atomic E-state index is 13.4. The van der Waals surface area contributed by atoms with Crippen LogP contribution < -0.4 is 4.90 Å². The number of hydrogen-bond donors (Lipinski definition) is 0. The molecule has 0 bridgehead atoms. The summed E-state index contributed by atoms with van der Waals surface area (Å²) in [5.74, 6) is -1.33. The maximum absolute atomic E-state index is 13.4. The minimum atomic E-state index is -0.540. The maximum Gasteiger partial charge on any atom is 0.238 e. The van der Waals surface area contributed by atoms with E-state index in [9.17, 15) is 14.4 Å². The average molecular weight is 446 g/mol. The summed E-state index contributed by atoms with van der Waals surface area (Å²) in [6.45, 7) is 0. The van der Waals surface area contributed by atoms with Gasteiger partial charge in [0.2, 0.25) is 11.8 Å². The molecule has 0 N–H and O–H groups in total. The molecule has 1 fully saturated rings. The first-order valence-electron chi connectivity index (χ1n) is 9.41. The van der Waals surface area contributed by atoms with Gasteiger partial charge in [-0.2, -0.15) is 0 Å². The SMILES string of the molecule is O=C1c2ccccc2C(C2CC(=O)N(c3ccc(Br)cc3)C2=O)c2ccccc21. The van der Waals surface area contributed by atoms with Crippen LogP contribution in [0, 0.1) is 5.92 Å². The quantitative estimate of drug-likeness (QED) is 0.536. The predicted molar refractivity (Wildman–Crippen MR) is 113 cm³/mol. The molecule has 0 aromatic heterocycles. The molecule has 1 unspecified atom stereocenters. The second-order valence-electron chi connectivity index (χ2n) is 7.34. The highest BCUT2D eigenvalue weighted by Crippen LogP contribution is 2.45. The first kappa shape index (κ1) is 18.0. The van der Waals surface area contributed by atoms with Crippen molar-refractivity contribution in [3.8, 4) is 0 Å². The summed E-state index contributed by atoms with van der Waals surface area (Å²) >= 11 is 3.38. The van der Waals surface area contributed by atoms with Gasteiger partial charge in [-0.25, -0.2) is 0 Å². The minimum Gasteiger partial charge on any atom is -0.289 e. The zero-order valence-electron chi connectivity index (χ0n) is 15.3. The largest absolute Gasteiger partial charge is 0.289 e. The number of imide groups is 1. The van der Waals surface area contributed by atoms with Gasteiger partial charge in [0.05, 0.1) is 11.6 Å². The zero-order chi connectivity index (χ0) is 20.1. The third-order valence-electron chi connectivity index (χ3n) is 5.75. The molecule has 4 nitrogen and oxygen atoms in total. The first-order valence-corrected chi connectivity index (χ1v) is 10.2. The molecule has 1 heterocycles. The van der Waals surface area contributed by atoms with Crippen molar-refractivity contribution in [2.45, 2.75) is 12.3 Å². The van der Waals surface area contributed by atoms with Crippen LogP contribution in [0.3, 0.4) is 0 Å². The molecule has 3 aromatic rings. The van der Waals surface area contributed by atoms with Crippen molar-refractivity contribution in [2.24, 2.45) is 5.92 Å². The molecule has 0 radical (unpaired) electrons. The molecule has 1 saturated heterocycles. The molecular formula is C24H16BrNO3. The summed E-state index contributed by atoms with van der Waals surface area (Å²) in [7, 11) is 0. The van der Waals surface area contributed by atoms with E-state index in [4.69, 9.17) is 0 Å². The molecule has 5 rings (SSSR count). The number of carbonyl (C=O) groups excluding carboxylic acids is 3. The molecular weight excluding hydrogens is 430 g/mol. The Balaban J connectivity index is 1.62. The van der Waals surface area contributed by atoms with Gasteiger partial charge in [0.15, 0.2) is 5.78 Å². The molecule has 2 aliphatic rings. The van der Waals surface area contributed by atoms with E-state index >= 15 is 0 Å². The Morgan fingerprint density at radius 1 is 0.759 bits per heavy atom. The predicted octanol–water partition coefficient (Wildman–Crippen LogP) is 4.71. The van der Waals surface area contributed by atoms with Gasteiger partial charge in [0.1, 0.15) is 0 Å². The van der Waals surface area contributed by atoms with Gasteiger partial charge in [-0.05, 0) is 35.4 Å². The van der Waals surface area contributed by atoms with E-state index in [1.54, 1.807) is 24.3 Å². The lowest BCUT2D eigenvalue weighted by Crippen LogP contribution is -2.33. The standard InChI is InChI=1S/C24H16BrNO3/c25-14-9-11-15(12-10-14)26-21(27)13-20(24(26)29)22-16-5-1-3-7-18(16)23(28)19-8-4-2-6-17(19)22/h1-12,20,22H,13H2. The van der Waals surface area contributed by atoms with Gasteiger partial charge in [-0.15, -0.1) is 0 Å². The number of anilines is 1. The first-order chi connectivity index (χ1) is 14.1. The zero-order valence-corrected chi connectivity index (χ0v) is 16.9. The Bertz CT molecular complexity index is 1120. The van der Waals surface area contributed by atoms with Crippen molar-refractivity contribution in [2.75, 3.05) is 4.90 Å². The summed E-state index contributed by atoms with van der Waals surface area (Å²) in [6.07, 6.45) is 0.121. The Hall–Kier alpha value is -3.05. The smallest absolute Gasteiger partial charge is 0.238 e. The number of fused-ring (bicyclic) bond motifs is 2.